The molecule has 0 saturated carbocycles. The van der Waals surface area contributed by atoms with Crippen LogP contribution in [-0.2, 0) is 11.3 Å². The first kappa shape index (κ1) is 20.9. The van der Waals surface area contributed by atoms with Crippen molar-refractivity contribution in [1.82, 2.24) is 9.38 Å². The van der Waals surface area contributed by atoms with E-state index < -0.39 is 0 Å². The standard InChI is InChI=1S/C25H24ClN3O2/c1-18-12-14-29-22(15-18)28-24(25(29)27-17-19-7-3-2-4-8-19)20-9-5-10-21(16-20)31-23(30)11-6-13-26/h2-5,7-10,12,14-16,27H,6,11,13,17H2,1H3. The molecule has 5 nitrogen and oxygen atoms in total. The van der Waals surface area contributed by atoms with Gasteiger partial charge in [0.15, 0.2) is 0 Å². The van der Waals surface area contributed by atoms with Crippen molar-refractivity contribution >= 4 is 29.0 Å². The maximum Gasteiger partial charge on any atom is 0.311 e. The van der Waals surface area contributed by atoms with E-state index in [9.17, 15) is 4.79 Å². The van der Waals surface area contributed by atoms with Crippen LogP contribution < -0.4 is 10.1 Å². The normalized spacial score (nSPS) is 10.9. The smallest absolute Gasteiger partial charge is 0.311 e. The molecule has 0 aliphatic heterocycles. The first-order valence-corrected chi connectivity index (χ1v) is 10.8. The zero-order chi connectivity index (χ0) is 21.6. The number of hydrogen-bond donors (Lipinski definition) is 1. The number of rotatable bonds is 8. The van der Waals surface area contributed by atoms with Gasteiger partial charge in [0.05, 0.1) is 0 Å². The van der Waals surface area contributed by atoms with E-state index in [0.717, 1.165) is 28.3 Å². The molecule has 0 saturated heterocycles. The van der Waals surface area contributed by atoms with Crippen LogP contribution in [0.1, 0.15) is 24.0 Å². The van der Waals surface area contributed by atoms with E-state index in [1.54, 1.807) is 6.07 Å². The van der Waals surface area contributed by atoms with Gasteiger partial charge in [-0.15, -0.1) is 11.6 Å². The number of carbonyl (C=O) groups excluding carboxylic acids is 1. The second-order valence-electron chi connectivity index (χ2n) is 7.37. The maximum atomic E-state index is 12.0. The lowest BCUT2D eigenvalue weighted by Gasteiger charge is -2.10. The van der Waals surface area contributed by atoms with E-state index in [1.165, 1.54) is 5.56 Å². The van der Waals surface area contributed by atoms with Gasteiger partial charge in [0, 0.05) is 30.6 Å². The minimum atomic E-state index is -0.286. The molecule has 0 fully saturated rings. The monoisotopic (exact) mass is 433 g/mol. The summed E-state index contributed by atoms with van der Waals surface area (Å²) >= 11 is 5.67. The summed E-state index contributed by atoms with van der Waals surface area (Å²) in [7, 11) is 0. The summed E-state index contributed by atoms with van der Waals surface area (Å²) < 4.78 is 7.53. The third kappa shape index (κ3) is 5.06. The van der Waals surface area contributed by atoms with Crippen LogP contribution in [0.3, 0.4) is 0 Å². The number of benzene rings is 2. The number of carbonyl (C=O) groups is 1. The summed E-state index contributed by atoms with van der Waals surface area (Å²) in [6.45, 7) is 2.72. The Labute approximate surface area is 186 Å². The molecule has 2 heterocycles. The van der Waals surface area contributed by atoms with Crippen LogP contribution in [0.25, 0.3) is 16.9 Å². The highest BCUT2D eigenvalue weighted by Crippen LogP contribution is 2.31. The Morgan fingerprint density at radius 2 is 1.94 bits per heavy atom. The molecule has 6 heteroatoms. The van der Waals surface area contributed by atoms with E-state index in [1.807, 2.05) is 60.0 Å². The van der Waals surface area contributed by atoms with Gasteiger partial charge in [-0.3, -0.25) is 9.20 Å². The molecule has 0 aliphatic carbocycles. The SMILES string of the molecule is Cc1ccn2c(NCc3ccccc3)c(-c3cccc(OC(=O)CCCCl)c3)nc2c1. The van der Waals surface area contributed by atoms with Crippen molar-refractivity contribution in [2.24, 2.45) is 0 Å². The van der Waals surface area contributed by atoms with Crippen LogP contribution in [0.2, 0.25) is 0 Å². The molecule has 4 rings (SSSR count). The molecule has 0 bridgehead atoms. The molecule has 158 valence electrons. The van der Waals surface area contributed by atoms with Crippen molar-refractivity contribution in [3.8, 4) is 17.0 Å². The number of esters is 1. The predicted octanol–water partition coefficient (Wildman–Crippen LogP) is 5.85. The number of ether oxygens (including phenoxy) is 1. The van der Waals surface area contributed by atoms with Crippen LogP contribution in [-0.4, -0.2) is 21.2 Å². The Hall–Kier alpha value is -3.31. The average molecular weight is 434 g/mol. The molecule has 0 amide bonds. The number of aromatic nitrogens is 2. The van der Waals surface area contributed by atoms with Crippen LogP contribution in [0.4, 0.5) is 5.82 Å². The van der Waals surface area contributed by atoms with Gasteiger partial charge in [0.2, 0.25) is 0 Å². The van der Waals surface area contributed by atoms with Crippen molar-refractivity contribution in [2.45, 2.75) is 26.3 Å². The Kier molecular flexibility index (Phi) is 6.53. The minimum Gasteiger partial charge on any atom is -0.427 e. The highest BCUT2D eigenvalue weighted by molar-refractivity contribution is 6.17. The van der Waals surface area contributed by atoms with Gasteiger partial charge < -0.3 is 10.1 Å². The molecule has 31 heavy (non-hydrogen) atoms. The van der Waals surface area contributed by atoms with Crippen molar-refractivity contribution in [3.63, 3.8) is 0 Å². The van der Waals surface area contributed by atoms with Crippen LogP contribution in [0.5, 0.6) is 5.75 Å². The van der Waals surface area contributed by atoms with Gasteiger partial charge in [0.1, 0.15) is 22.9 Å². The number of nitrogens with zero attached hydrogens (tertiary/aromatic N) is 2. The zero-order valence-corrected chi connectivity index (χ0v) is 18.1. The average Bonchev–Trinajstić information content (AvgIpc) is 3.14. The number of aryl methyl sites for hydroxylation is 1. The molecule has 0 atom stereocenters. The molecule has 2 aromatic carbocycles. The van der Waals surface area contributed by atoms with Crippen molar-refractivity contribution in [1.29, 1.82) is 0 Å². The molecular formula is C25H24ClN3O2. The number of alkyl halides is 1. The molecule has 0 aliphatic rings. The van der Waals surface area contributed by atoms with E-state index in [4.69, 9.17) is 21.3 Å². The molecule has 0 unspecified atom stereocenters. The fourth-order valence-corrected chi connectivity index (χ4v) is 3.53. The zero-order valence-electron chi connectivity index (χ0n) is 17.3. The summed E-state index contributed by atoms with van der Waals surface area (Å²) in [5.41, 5.74) is 4.85. The third-order valence-electron chi connectivity index (χ3n) is 4.94. The summed E-state index contributed by atoms with van der Waals surface area (Å²) in [5.74, 6) is 1.54. The van der Waals surface area contributed by atoms with Gasteiger partial charge in [-0.1, -0.05) is 42.5 Å². The Morgan fingerprint density at radius 3 is 2.74 bits per heavy atom. The Balaban J connectivity index is 1.68. The summed E-state index contributed by atoms with van der Waals surface area (Å²) in [6, 6.07) is 21.8. The number of nitrogens with one attached hydrogen (secondary N) is 1. The predicted molar refractivity (Wildman–Crippen MR) is 125 cm³/mol. The first-order valence-electron chi connectivity index (χ1n) is 10.3. The van der Waals surface area contributed by atoms with Crippen molar-refractivity contribution in [3.05, 3.63) is 84.1 Å². The van der Waals surface area contributed by atoms with E-state index >= 15 is 0 Å². The molecule has 4 aromatic rings. The van der Waals surface area contributed by atoms with Gasteiger partial charge in [0.25, 0.3) is 0 Å². The Bertz CT molecular complexity index is 1190. The quantitative estimate of drug-likeness (QED) is 0.215. The van der Waals surface area contributed by atoms with Crippen LogP contribution in [0.15, 0.2) is 72.9 Å². The van der Waals surface area contributed by atoms with Gasteiger partial charge >= 0.3 is 5.97 Å². The third-order valence-corrected chi connectivity index (χ3v) is 5.21. The fraction of sp³-hybridized carbons (Fsp3) is 0.200. The molecule has 1 N–H and O–H groups in total. The summed E-state index contributed by atoms with van der Waals surface area (Å²) in [6.07, 6.45) is 2.91. The lowest BCUT2D eigenvalue weighted by atomic mass is 10.1. The fourth-order valence-electron chi connectivity index (χ4n) is 3.40. The molecule has 2 aromatic heterocycles. The van der Waals surface area contributed by atoms with Gasteiger partial charge in [-0.25, -0.2) is 4.98 Å². The van der Waals surface area contributed by atoms with Crippen molar-refractivity contribution < 1.29 is 9.53 Å². The largest absolute Gasteiger partial charge is 0.427 e. The maximum absolute atomic E-state index is 12.0. The molecule has 0 spiro atoms. The molecule has 0 radical (unpaired) electrons. The topological polar surface area (TPSA) is 55.6 Å². The number of imidazole rings is 1. The van der Waals surface area contributed by atoms with Gasteiger partial charge in [-0.2, -0.15) is 0 Å². The molecular weight excluding hydrogens is 410 g/mol. The number of fused-ring (bicyclic) bond motifs is 1. The van der Waals surface area contributed by atoms with Crippen LogP contribution in [0, 0.1) is 6.92 Å². The van der Waals surface area contributed by atoms with E-state index in [0.29, 0.717) is 31.0 Å². The summed E-state index contributed by atoms with van der Waals surface area (Å²) in [5, 5.41) is 3.54. The highest BCUT2D eigenvalue weighted by atomic mass is 35.5. The number of pyridine rings is 1. The van der Waals surface area contributed by atoms with E-state index in [2.05, 4.69) is 23.5 Å². The highest BCUT2D eigenvalue weighted by Gasteiger charge is 2.15. The van der Waals surface area contributed by atoms with Crippen molar-refractivity contribution in [2.75, 3.05) is 11.2 Å². The lowest BCUT2D eigenvalue weighted by Crippen LogP contribution is -2.07. The Morgan fingerprint density at radius 1 is 1.10 bits per heavy atom. The van der Waals surface area contributed by atoms with E-state index in [-0.39, 0.29) is 5.97 Å². The van der Waals surface area contributed by atoms with Gasteiger partial charge in [-0.05, 0) is 48.7 Å². The first-order chi connectivity index (χ1) is 15.1. The number of anilines is 1. The lowest BCUT2D eigenvalue weighted by molar-refractivity contribution is -0.134. The minimum absolute atomic E-state index is 0.286. The second-order valence-corrected chi connectivity index (χ2v) is 7.75. The number of hydrogen-bond acceptors (Lipinski definition) is 4. The van der Waals surface area contributed by atoms with Crippen LogP contribution >= 0.6 is 11.6 Å². The number of halogens is 1. The second kappa shape index (κ2) is 9.67. The summed E-state index contributed by atoms with van der Waals surface area (Å²) in [4.78, 5) is 16.9.